The van der Waals surface area contributed by atoms with E-state index in [1.165, 1.54) is 12.5 Å². The molecule has 1 unspecified atom stereocenters. The second-order valence-electron chi connectivity index (χ2n) is 3.99. The molecule has 86 valence electrons. The highest BCUT2D eigenvalue weighted by atomic mass is 35.5. The minimum atomic E-state index is -0.0129. The Morgan fingerprint density at radius 2 is 2.44 bits per heavy atom. The molecule has 1 aliphatic heterocycles. The fraction of sp³-hybridized carbons (Fsp3) is 0.417. The van der Waals surface area contributed by atoms with Crippen molar-refractivity contribution in [2.75, 3.05) is 13.2 Å². The van der Waals surface area contributed by atoms with Crippen molar-refractivity contribution in [2.45, 2.75) is 19.4 Å². The number of rotatable bonds is 2. The van der Waals surface area contributed by atoms with E-state index in [2.05, 4.69) is 5.32 Å². The van der Waals surface area contributed by atoms with E-state index in [1.54, 1.807) is 0 Å². The number of carbonyl (C=O) groups excluding carboxylic acids is 1. The van der Waals surface area contributed by atoms with E-state index >= 15 is 0 Å². The van der Waals surface area contributed by atoms with E-state index in [0.717, 1.165) is 10.6 Å². The molecule has 0 radical (unpaired) electrons. The smallest absolute Gasteiger partial charge is 0.216 e. The van der Waals surface area contributed by atoms with E-state index in [9.17, 15) is 4.79 Å². The molecule has 0 aliphatic carbocycles. The van der Waals surface area contributed by atoms with Crippen LogP contribution in [0, 0.1) is 0 Å². The number of halogens is 1. The maximum absolute atomic E-state index is 10.9. The third kappa shape index (κ3) is 2.54. The Kier molecular flexibility index (Phi) is 3.46. The molecule has 1 aromatic carbocycles. The van der Waals surface area contributed by atoms with Gasteiger partial charge in [-0.25, -0.2) is 0 Å². The maximum atomic E-state index is 10.9. The summed E-state index contributed by atoms with van der Waals surface area (Å²) < 4.78 is 5.49. The molecule has 1 atom stereocenters. The topological polar surface area (TPSA) is 38.3 Å². The van der Waals surface area contributed by atoms with Crippen molar-refractivity contribution in [3.63, 3.8) is 0 Å². The van der Waals surface area contributed by atoms with Crippen molar-refractivity contribution >= 4 is 17.5 Å². The molecule has 1 amide bonds. The summed E-state index contributed by atoms with van der Waals surface area (Å²) in [6.45, 7) is 3.39. The standard InChI is InChI=1S/C12H14ClNO2/c1-8(15)14-5-10-7-16-6-9-4-11(13)2-3-12(9)10/h2-4,10H,5-7H2,1H3,(H,14,15). The number of carbonyl (C=O) groups is 1. The molecule has 0 spiro atoms. The molecule has 4 heteroatoms. The highest BCUT2D eigenvalue weighted by molar-refractivity contribution is 6.30. The highest BCUT2D eigenvalue weighted by Gasteiger charge is 2.20. The first kappa shape index (κ1) is 11.4. The molecular formula is C12H14ClNO2. The Bertz CT molecular complexity index is 406. The van der Waals surface area contributed by atoms with Crippen LogP contribution < -0.4 is 5.32 Å². The second kappa shape index (κ2) is 4.85. The first-order valence-corrected chi connectivity index (χ1v) is 5.65. The number of hydrogen-bond donors (Lipinski definition) is 1. The van der Waals surface area contributed by atoms with Crippen LogP contribution in [-0.4, -0.2) is 19.1 Å². The summed E-state index contributed by atoms with van der Waals surface area (Å²) in [4.78, 5) is 10.9. The predicted molar refractivity (Wildman–Crippen MR) is 62.5 cm³/mol. The first-order valence-electron chi connectivity index (χ1n) is 5.27. The molecule has 0 bridgehead atoms. The van der Waals surface area contributed by atoms with Crippen molar-refractivity contribution in [3.8, 4) is 0 Å². The molecular weight excluding hydrogens is 226 g/mol. The summed E-state index contributed by atoms with van der Waals surface area (Å²) in [6, 6.07) is 5.83. The van der Waals surface area contributed by atoms with Crippen LogP contribution in [0.15, 0.2) is 18.2 Å². The van der Waals surface area contributed by atoms with Crippen LogP contribution in [0.3, 0.4) is 0 Å². The zero-order chi connectivity index (χ0) is 11.5. The molecule has 16 heavy (non-hydrogen) atoms. The summed E-state index contributed by atoms with van der Waals surface area (Å²) in [5.41, 5.74) is 2.35. The number of benzene rings is 1. The van der Waals surface area contributed by atoms with Gasteiger partial charge in [0.05, 0.1) is 13.2 Å². The van der Waals surface area contributed by atoms with Gasteiger partial charge in [-0.1, -0.05) is 17.7 Å². The average molecular weight is 240 g/mol. The second-order valence-corrected chi connectivity index (χ2v) is 4.43. The van der Waals surface area contributed by atoms with Gasteiger partial charge in [0.15, 0.2) is 0 Å². The fourth-order valence-corrected chi connectivity index (χ4v) is 2.13. The molecule has 0 saturated heterocycles. The monoisotopic (exact) mass is 239 g/mol. The van der Waals surface area contributed by atoms with Crippen molar-refractivity contribution < 1.29 is 9.53 Å². The Balaban J connectivity index is 2.16. The van der Waals surface area contributed by atoms with Crippen LogP contribution in [0.25, 0.3) is 0 Å². The normalized spacial score (nSPS) is 19.0. The molecule has 1 N–H and O–H groups in total. The fourth-order valence-electron chi connectivity index (χ4n) is 1.93. The third-order valence-corrected chi connectivity index (χ3v) is 2.95. The lowest BCUT2D eigenvalue weighted by atomic mass is 9.93. The third-order valence-electron chi connectivity index (χ3n) is 2.72. The largest absolute Gasteiger partial charge is 0.376 e. The van der Waals surface area contributed by atoms with Gasteiger partial charge in [0, 0.05) is 24.4 Å². The van der Waals surface area contributed by atoms with Crippen LogP contribution >= 0.6 is 11.6 Å². The van der Waals surface area contributed by atoms with Crippen LogP contribution in [0.5, 0.6) is 0 Å². The zero-order valence-corrected chi connectivity index (χ0v) is 9.88. The van der Waals surface area contributed by atoms with Crippen molar-refractivity contribution in [1.29, 1.82) is 0 Å². The van der Waals surface area contributed by atoms with Crippen molar-refractivity contribution in [1.82, 2.24) is 5.32 Å². The number of fused-ring (bicyclic) bond motifs is 1. The molecule has 1 aliphatic rings. The van der Waals surface area contributed by atoms with Gasteiger partial charge in [-0.2, -0.15) is 0 Å². The molecule has 0 aromatic heterocycles. The molecule has 2 rings (SSSR count). The minimum Gasteiger partial charge on any atom is -0.376 e. The van der Waals surface area contributed by atoms with Gasteiger partial charge in [0.2, 0.25) is 5.91 Å². The number of hydrogen-bond acceptors (Lipinski definition) is 2. The summed E-state index contributed by atoms with van der Waals surface area (Å²) in [5, 5.41) is 3.54. The molecule has 3 nitrogen and oxygen atoms in total. The SMILES string of the molecule is CC(=O)NCC1COCc2cc(Cl)ccc21. The van der Waals surface area contributed by atoms with E-state index in [4.69, 9.17) is 16.3 Å². The molecule has 0 saturated carbocycles. The van der Waals surface area contributed by atoms with Crippen molar-refractivity contribution in [2.24, 2.45) is 0 Å². The van der Waals surface area contributed by atoms with Gasteiger partial charge < -0.3 is 10.1 Å². The highest BCUT2D eigenvalue weighted by Crippen LogP contribution is 2.28. The number of nitrogens with one attached hydrogen (secondary N) is 1. The summed E-state index contributed by atoms with van der Waals surface area (Å²) in [5.74, 6) is 0.214. The summed E-state index contributed by atoms with van der Waals surface area (Å²) in [6.07, 6.45) is 0. The quantitative estimate of drug-likeness (QED) is 0.858. The van der Waals surface area contributed by atoms with Gasteiger partial charge >= 0.3 is 0 Å². The first-order chi connectivity index (χ1) is 7.66. The lowest BCUT2D eigenvalue weighted by molar-refractivity contribution is -0.119. The average Bonchev–Trinajstić information content (AvgIpc) is 2.25. The lowest BCUT2D eigenvalue weighted by Gasteiger charge is -2.25. The number of amides is 1. The predicted octanol–water partition coefficient (Wildman–Crippen LogP) is 2.09. The van der Waals surface area contributed by atoms with Gasteiger partial charge in [0.1, 0.15) is 0 Å². The lowest BCUT2D eigenvalue weighted by Crippen LogP contribution is -2.30. The van der Waals surface area contributed by atoms with Gasteiger partial charge in [-0.05, 0) is 23.3 Å². The molecule has 1 aromatic rings. The Hall–Kier alpha value is -1.06. The number of ether oxygens (including phenoxy) is 1. The van der Waals surface area contributed by atoms with E-state index in [-0.39, 0.29) is 11.8 Å². The van der Waals surface area contributed by atoms with Crippen LogP contribution in [0.4, 0.5) is 0 Å². The van der Waals surface area contributed by atoms with Crippen molar-refractivity contribution in [3.05, 3.63) is 34.3 Å². The Morgan fingerprint density at radius 3 is 3.19 bits per heavy atom. The van der Waals surface area contributed by atoms with Gasteiger partial charge in [0.25, 0.3) is 0 Å². The summed E-state index contributed by atoms with van der Waals surface area (Å²) >= 11 is 5.93. The Labute approximate surface area is 99.7 Å². The minimum absolute atomic E-state index is 0.0129. The van der Waals surface area contributed by atoms with Crippen LogP contribution in [0.2, 0.25) is 5.02 Å². The van der Waals surface area contributed by atoms with E-state index < -0.39 is 0 Å². The van der Waals surface area contributed by atoms with Crippen LogP contribution in [0.1, 0.15) is 24.0 Å². The summed E-state index contributed by atoms with van der Waals surface area (Å²) in [7, 11) is 0. The molecule has 1 heterocycles. The van der Waals surface area contributed by atoms with E-state index in [0.29, 0.717) is 19.8 Å². The molecule has 0 fully saturated rings. The van der Waals surface area contributed by atoms with Crippen LogP contribution in [-0.2, 0) is 16.1 Å². The van der Waals surface area contributed by atoms with Gasteiger partial charge in [-0.3, -0.25) is 4.79 Å². The zero-order valence-electron chi connectivity index (χ0n) is 9.13. The maximum Gasteiger partial charge on any atom is 0.216 e. The Morgan fingerprint density at radius 1 is 1.62 bits per heavy atom. The van der Waals surface area contributed by atoms with Gasteiger partial charge in [-0.15, -0.1) is 0 Å². The van der Waals surface area contributed by atoms with E-state index in [1.807, 2.05) is 18.2 Å².